The van der Waals surface area contributed by atoms with Crippen LogP contribution in [0.1, 0.15) is 76.2 Å². The van der Waals surface area contributed by atoms with Crippen LogP contribution in [0.2, 0.25) is 18.1 Å². The van der Waals surface area contributed by atoms with Gasteiger partial charge in [0.2, 0.25) is 0 Å². The first-order chi connectivity index (χ1) is 17.2. The molecule has 198 valence electrons. The summed E-state index contributed by atoms with van der Waals surface area (Å²) in [5.74, 6) is -0.561. The van der Waals surface area contributed by atoms with Crippen molar-refractivity contribution < 1.29 is 26.7 Å². The van der Waals surface area contributed by atoms with Gasteiger partial charge in [0.25, 0.3) is 0 Å². The summed E-state index contributed by atoms with van der Waals surface area (Å²) >= 11 is 0. The summed E-state index contributed by atoms with van der Waals surface area (Å²) in [5, 5.41) is 0. The third-order valence-corrected chi connectivity index (χ3v) is 12.1. The van der Waals surface area contributed by atoms with E-state index in [0.717, 1.165) is 42.4 Å². The Morgan fingerprint density at radius 2 is 1.50 bits per heavy atom. The molecule has 1 nitrogen and oxygen atoms in total. The molecule has 2 aromatic carbocycles. The number of alkyl halides is 3. The van der Waals surface area contributed by atoms with Crippen molar-refractivity contribution >= 4 is 8.80 Å². The molecule has 1 saturated heterocycles. The average Bonchev–Trinajstić information content (AvgIpc) is 2.85. The van der Waals surface area contributed by atoms with E-state index < -0.39 is 32.5 Å². The van der Waals surface area contributed by atoms with Crippen molar-refractivity contribution in [1.82, 2.24) is 0 Å². The zero-order valence-corrected chi connectivity index (χ0v) is 22.2. The Labute approximate surface area is 213 Å². The molecule has 4 rings (SSSR count). The van der Waals surface area contributed by atoms with Crippen LogP contribution in [0.4, 0.5) is 22.0 Å². The van der Waals surface area contributed by atoms with Crippen LogP contribution in [0.25, 0.3) is 11.1 Å². The van der Waals surface area contributed by atoms with Gasteiger partial charge in [0, 0.05) is 14.4 Å². The van der Waals surface area contributed by atoms with Crippen molar-refractivity contribution in [2.45, 2.75) is 95.1 Å². The van der Waals surface area contributed by atoms with E-state index in [0.29, 0.717) is 5.92 Å². The predicted octanol–water partition coefficient (Wildman–Crippen LogP) is 9.63. The van der Waals surface area contributed by atoms with E-state index in [1.54, 1.807) is 18.2 Å². The van der Waals surface area contributed by atoms with Crippen molar-refractivity contribution in [3.63, 3.8) is 0 Å². The first-order valence-corrected chi connectivity index (χ1v) is 16.0. The lowest BCUT2D eigenvalue weighted by atomic mass is 9.76. The molecule has 2 aromatic rings. The predicted molar refractivity (Wildman–Crippen MR) is 137 cm³/mol. The fraction of sp³-hybridized carbons (Fsp3) is 0.586. The molecular formula is C29H37F5OSi. The van der Waals surface area contributed by atoms with Crippen LogP contribution in [-0.2, 0) is 0 Å². The van der Waals surface area contributed by atoms with Gasteiger partial charge in [0.15, 0.2) is 11.6 Å². The minimum Gasteiger partial charge on any atom is -0.403 e. The van der Waals surface area contributed by atoms with Gasteiger partial charge in [-0.3, -0.25) is 0 Å². The Bertz CT molecular complexity index is 992. The van der Waals surface area contributed by atoms with E-state index >= 15 is 0 Å². The molecule has 1 saturated carbocycles. The van der Waals surface area contributed by atoms with Crippen LogP contribution < -0.4 is 4.74 Å². The zero-order valence-electron chi connectivity index (χ0n) is 21.1. The second kappa shape index (κ2) is 12.1. The molecule has 2 aliphatic rings. The third kappa shape index (κ3) is 7.33. The quantitative estimate of drug-likeness (QED) is 0.247. The normalized spacial score (nSPS) is 25.1. The second-order valence-corrected chi connectivity index (χ2v) is 14.4. The van der Waals surface area contributed by atoms with E-state index in [1.165, 1.54) is 63.1 Å². The lowest BCUT2D eigenvalue weighted by molar-refractivity contribution is -0.275. The van der Waals surface area contributed by atoms with Gasteiger partial charge in [0.1, 0.15) is 5.82 Å². The zero-order chi connectivity index (χ0) is 25.7. The van der Waals surface area contributed by atoms with Gasteiger partial charge in [-0.05, 0) is 72.8 Å². The number of ether oxygens (including phenoxy) is 1. The van der Waals surface area contributed by atoms with Crippen molar-refractivity contribution in [3.8, 4) is 16.9 Å². The van der Waals surface area contributed by atoms with Crippen LogP contribution in [-0.4, -0.2) is 15.2 Å². The topological polar surface area (TPSA) is 9.23 Å². The third-order valence-electron chi connectivity index (χ3n) is 8.43. The SMILES string of the molecule is CCC[SiH]1CCC(CC[C@H]2CC[C@H](c3ccc(-c4ccc(OC(F)(F)F)c(F)c4)c(F)c3)CC2)CC1. The molecule has 7 heteroatoms. The minimum absolute atomic E-state index is 0.168. The highest BCUT2D eigenvalue weighted by Crippen LogP contribution is 2.40. The molecule has 36 heavy (non-hydrogen) atoms. The maximum atomic E-state index is 14.9. The maximum Gasteiger partial charge on any atom is 0.573 e. The highest BCUT2D eigenvalue weighted by Gasteiger charge is 2.32. The fourth-order valence-corrected chi connectivity index (χ4v) is 9.94. The van der Waals surface area contributed by atoms with E-state index in [1.807, 2.05) is 6.07 Å². The molecule has 0 atom stereocenters. The lowest BCUT2D eigenvalue weighted by Crippen LogP contribution is -2.22. The largest absolute Gasteiger partial charge is 0.573 e. The summed E-state index contributed by atoms with van der Waals surface area (Å²) in [6.07, 6.45) is 6.46. The first-order valence-electron chi connectivity index (χ1n) is 13.6. The highest BCUT2D eigenvalue weighted by molar-refractivity contribution is 6.58. The molecule has 0 unspecified atom stereocenters. The van der Waals surface area contributed by atoms with Crippen LogP contribution in [0.15, 0.2) is 36.4 Å². The van der Waals surface area contributed by atoms with Crippen molar-refractivity contribution in [2.24, 2.45) is 11.8 Å². The summed E-state index contributed by atoms with van der Waals surface area (Å²) in [7, 11) is -0.404. The molecular weight excluding hydrogens is 487 g/mol. The van der Waals surface area contributed by atoms with Gasteiger partial charge in [-0.2, -0.15) is 0 Å². The Balaban J connectivity index is 1.28. The van der Waals surface area contributed by atoms with Crippen molar-refractivity contribution in [3.05, 3.63) is 53.6 Å². The van der Waals surface area contributed by atoms with Gasteiger partial charge in [-0.15, -0.1) is 13.2 Å². The minimum atomic E-state index is -4.98. The molecule has 0 spiro atoms. The first kappa shape index (κ1) is 27.1. The molecule has 0 N–H and O–H groups in total. The average molecular weight is 525 g/mol. The standard InChI is InChI=1S/C29H37F5OSi/c1-2-15-36-16-13-21(14-17-36)4-3-20-5-7-22(8-6-20)23-9-11-25(26(30)18-23)24-10-12-28(27(31)19-24)35-29(32,33)34/h9-12,18-22,36H,2-8,13-17H2,1H3/t20-,21?,22-,36?. The highest BCUT2D eigenvalue weighted by atomic mass is 28.3. The van der Waals surface area contributed by atoms with E-state index in [-0.39, 0.29) is 11.1 Å². The Hall–Kier alpha value is -1.89. The Morgan fingerprint density at radius 1 is 0.833 bits per heavy atom. The van der Waals surface area contributed by atoms with Crippen LogP contribution in [0.3, 0.4) is 0 Å². The molecule has 1 aliphatic carbocycles. The molecule has 0 amide bonds. The number of hydrogen-bond acceptors (Lipinski definition) is 1. The number of halogens is 5. The molecule has 1 heterocycles. The maximum absolute atomic E-state index is 14.9. The Kier molecular flexibility index (Phi) is 9.13. The number of rotatable bonds is 8. The Morgan fingerprint density at radius 3 is 2.08 bits per heavy atom. The van der Waals surface area contributed by atoms with E-state index in [4.69, 9.17) is 0 Å². The van der Waals surface area contributed by atoms with Gasteiger partial charge < -0.3 is 4.74 Å². The van der Waals surface area contributed by atoms with Crippen LogP contribution in [0.5, 0.6) is 5.75 Å². The molecule has 1 aliphatic heterocycles. The lowest BCUT2D eigenvalue weighted by Gasteiger charge is -2.32. The summed E-state index contributed by atoms with van der Waals surface area (Å²) in [4.78, 5) is 0. The van der Waals surface area contributed by atoms with E-state index in [2.05, 4.69) is 11.7 Å². The smallest absolute Gasteiger partial charge is 0.403 e. The molecule has 0 radical (unpaired) electrons. The summed E-state index contributed by atoms with van der Waals surface area (Å²) in [5.41, 5.74) is 1.30. The molecule has 0 bridgehead atoms. The number of hydrogen-bond donors (Lipinski definition) is 0. The van der Waals surface area contributed by atoms with Crippen molar-refractivity contribution in [2.75, 3.05) is 0 Å². The summed E-state index contributed by atoms with van der Waals surface area (Å²) < 4.78 is 69.8. The summed E-state index contributed by atoms with van der Waals surface area (Å²) in [6.45, 7) is 2.32. The number of benzene rings is 2. The van der Waals surface area contributed by atoms with Gasteiger partial charge in [-0.25, -0.2) is 8.78 Å². The van der Waals surface area contributed by atoms with Crippen LogP contribution in [0, 0.1) is 23.5 Å². The van der Waals surface area contributed by atoms with Crippen LogP contribution >= 0.6 is 0 Å². The monoisotopic (exact) mass is 524 g/mol. The fourth-order valence-electron chi connectivity index (χ4n) is 6.37. The molecule has 0 aromatic heterocycles. The van der Waals surface area contributed by atoms with Gasteiger partial charge in [0.05, 0.1) is 0 Å². The van der Waals surface area contributed by atoms with E-state index in [9.17, 15) is 22.0 Å². The van der Waals surface area contributed by atoms with Crippen molar-refractivity contribution in [1.29, 1.82) is 0 Å². The molecule has 2 fully saturated rings. The van der Waals surface area contributed by atoms with Gasteiger partial charge in [-0.1, -0.05) is 75.4 Å². The summed E-state index contributed by atoms with van der Waals surface area (Å²) in [6, 6.07) is 12.6. The second-order valence-electron chi connectivity index (χ2n) is 10.9. The van der Waals surface area contributed by atoms with Gasteiger partial charge >= 0.3 is 6.36 Å².